The summed E-state index contributed by atoms with van der Waals surface area (Å²) in [6, 6.07) is 13.9. The lowest BCUT2D eigenvalue weighted by Crippen LogP contribution is -2.49. The monoisotopic (exact) mass is 397 g/mol. The lowest BCUT2D eigenvalue weighted by molar-refractivity contribution is -0.122. The molecule has 0 fully saturated rings. The second-order valence-corrected chi connectivity index (χ2v) is 7.09. The Hall–Kier alpha value is -2.97. The molecule has 1 atom stereocenters. The Morgan fingerprint density at radius 3 is 2.43 bits per heavy atom. The second kappa shape index (κ2) is 9.29. The number of benzene rings is 2. The van der Waals surface area contributed by atoms with E-state index in [0.29, 0.717) is 22.8 Å². The maximum atomic E-state index is 12.5. The highest BCUT2D eigenvalue weighted by molar-refractivity contribution is 8.14. The van der Waals surface area contributed by atoms with Gasteiger partial charge in [0.25, 0.3) is 11.8 Å². The predicted octanol–water partition coefficient (Wildman–Crippen LogP) is 1.23. The number of hydrogen-bond acceptors (Lipinski definition) is 6. The fourth-order valence-corrected chi connectivity index (χ4v) is 3.33. The number of amides is 2. The van der Waals surface area contributed by atoms with Crippen molar-refractivity contribution < 1.29 is 19.5 Å². The van der Waals surface area contributed by atoms with Gasteiger partial charge >= 0.3 is 0 Å². The number of thioether (sulfide) groups is 1. The van der Waals surface area contributed by atoms with E-state index in [9.17, 15) is 19.5 Å². The molecule has 3 N–H and O–H groups in total. The molecule has 2 aromatic rings. The summed E-state index contributed by atoms with van der Waals surface area (Å²) in [6.45, 7) is 0.0663. The van der Waals surface area contributed by atoms with Crippen LogP contribution in [-0.4, -0.2) is 52.8 Å². The average Bonchev–Trinajstić information content (AvgIpc) is 3.25. The summed E-state index contributed by atoms with van der Waals surface area (Å²) in [7, 11) is 0. The largest absolute Gasteiger partial charge is 0.394 e. The van der Waals surface area contributed by atoms with Gasteiger partial charge in [-0.2, -0.15) is 0 Å². The van der Waals surface area contributed by atoms with Crippen LogP contribution in [0, 0.1) is 0 Å². The van der Waals surface area contributed by atoms with Crippen LogP contribution in [0.2, 0.25) is 0 Å². The van der Waals surface area contributed by atoms with E-state index in [1.54, 1.807) is 42.5 Å². The van der Waals surface area contributed by atoms with Gasteiger partial charge in [-0.25, -0.2) is 0 Å². The van der Waals surface area contributed by atoms with Crippen LogP contribution in [0.1, 0.15) is 26.3 Å². The number of carbonyl (C=O) groups excluding carboxylic acids is 3. The van der Waals surface area contributed by atoms with Crippen molar-refractivity contribution in [2.24, 2.45) is 4.99 Å². The van der Waals surface area contributed by atoms with Crippen molar-refractivity contribution in [2.45, 2.75) is 6.04 Å². The highest BCUT2D eigenvalue weighted by Crippen LogP contribution is 2.12. The summed E-state index contributed by atoms with van der Waals surface area (Å²) >= 11 is 1.40. The van der Waals surface area contributed by atoms with Gasteiger partial charge in [-0.05, 0) is 12.1 Å². The Labute approximate surface area is 166 Å². The maximum absolute atomic E-state index is 12.5. The van der Waals surface area contributed by atoms with Gasteiger partial charge in [0.05, 0.1) is 13.2 Å². The summed E-state index contributed by atoms with van der Waals surface area (Å²) in [5.41, 5.74) is 1.10. The second-order valence-electron chi connectivity index (χ2n) is 6.01. The number of nitrogens with zero attached hydrogens (tertiary/aromatic N) is 1. The van der Waals surface area contributed by atoms with E-state index in [-0.39, 0.29) is 11.3 Å². The van der Waals surface area contributed by atoms with Gasteiger partial charge in [0.1, 0.15) is 6.04 Å². The standard InChI is InChI=1S/C20H19N3O4S/c24-12-16(19(27)23-20-21-9-10-28-20)22-18(26)15-8-4-7-14(11-15)17(25)13-5-2-1-3-6-13/h1-8,11,16,24H,9-10,12H2,(H,22,26)(H,21,23,27). The van der Waals surface area contributed by atoms with Gasteiger partial charge in [-0.1, -0.05) is 54.2 Å². The van der Waals surface area contributed by atoms with Crippen molar-refractivity contribution in [3.8, 4) is 0 Å². The first-order valence-electron chi connectivity index (χ1n) is 8.68. The molecule has 28 heavy (non-hydrogen) atoms. The summed E-state index contributed by atoms with van der Waals surface area (Å²) in [5.74, 6) is -0.519. The zero-order chi connectivity index (χ0) is 19.9. The summed E-state index contributed by atoms with van der Waals surface area (Å²) in [4.78, 5) is 41.4. The number of amidine groups is 1. The smallest absolute Gasteiger partial charge is 0.252 e. The lowest BCUT2D eigenvalue weighted by Gasteiger charge is -2.16. The van der Waals surface area contributed by atoms with E-state index in [1.165, 1.54) is 17.8 Å². The zero-order valence-corrected chi connectivity index (χ0v) is 15.7. The first-order valence-corrected chi connectivity index (χ1v) is 9.66. The Morgan fingerprint density at radius 2 is 1.75 bits per heavy atom. The molecule has 0 saturated heterocycles. The molecular weight excluding hydrogens is 378 g/mol. The maximum Gasteiger partial charge on any atom is 0.252 e. The Kier molecular flexibility index (Phi) is 6.57. The molecule has 1 aliphatic rings. The van der Waals surface area contributed by atoms with Crippen LogP contribution >= 0.6 is 11.8 Å². The number of ketones is 1. The van der Waals surface area contributed by atoms with E-state index in [4.69, 9.17) is 0 Å². The van der Waals surface area contributed by atoms with Crippen LogP contribution in [0.4, 0.5) is 0 Å². The first-order chi connectivity index (χ1) is 13.6. The molecule has 0 spiro atoms. The van der Waals surface area contributed by atoms with Gasteiger partial charge in [-0.15, -0.1) is 0 Å². The number of rotatable bonds is 6. The molecule has 7 nitrogen and oxygen atoms in total. The molecule has 3 rings (SSSR count). The Morgan fingerprint density at radius 1 is 1.04 bits per heavy atom. The topological polar surface area (TPSA) is 108 Å². The van der Waals surface area contributed by atoms with Gasteiger partial charge in [0.2, 0.25) is 0 Å². The third-order valence-corrected chi connectivity index (χ3v) is 4.93. The summed E-state index contributed by atoms with van der Waals surface area (Å²) in [5, 5.41) is 15.0. The molecule has 0 radical (unpaired) electrons. The van der Waals surface area contributed by atoms with Gasteiger partial charge in [-0.3, -0.25) is 19.4 Å². The zero-order valence-electron chi connectivity index (χ0n) is 14.9. The molecule has 1 aliphatic heterocycles. The molecule has 1 heterocycles. The van der Waals surface area contributed by atoms with Gasteiger partial charge < -0.3 is 15.7 Å². The summed E-state index contributed by atoms with van der Waals surface area (Å²) in [6.07, 6.45) is 0. The Bertz CT molecular complexity index is 915. The third-order valence-electron chi connectivity index (χ3n) is 4.04. The highest BCUT2D eigenvalue weighted by atomic mass is 32.2. The van der Waals surface area contributed by atoms with E-state index in [1.807, 2.05) is 6.07 Å². The summed E-state index contributed by atoms with van der Waals surface area (Å²) < 4.78 is 0. The van der Waals surface area contributed by atoms with Crippen molar-refractivity contribution in [3.63, 3.8) is 0 Å². The average molecular weight is 397 g/mol. The molecule has 144 valence electrons. The first kappa shape index (κ1) is 19.8. The number of hydrogen-bond donors (Lipinski definition) is 3. The van der Waals surface area contributed by atoms with Crippen LogP contribution in [0.3, 0.4) is 0 Å². The third kappa shape index (κ3) is 4.85. The minimum absolute atomic E-state index is 0.206. The van der Waals surface area contributed by atoms with Crippen molar-refractivity contribution in [1.29, 1.82) is 0 Å². The van der Waals surface area contributed by atoms with Crippen LogP contribution in [-0.2, 0) is 4.79 Å². The Balaban J connectivity index is 1.69. The predicted molar refractivity (Wildman–Crippen MR) is 108 cm³/mol. The molecular formula is C20H19N3O4S. The highest BCUT2D eigenvalue weighted by Gasteiger charge is 2.23. The van der Waals surface area contributed by atoms with Crippen molar-refractivity contribution in [3.05, 3.63) is 71.3 Å². The van der Waals surface area contributed by atoms with Crippen LogP contribution in [0.25, 0.3) is 0 Å². The number of aliphatic hydroxyl groups excluding tert-OH is 1. The van der Waals surface area contributed by atoms with E-state index >= 15 is 0 Å². The van der Waals surface area contributed by atoms with Crippen molar-refractivity contribution in [2.75, 3.05) is 18.9 Å². The molecule has 0 bridgehead atoms. The quantitative estimate of drug-likeness (QED) is 0.636. The number of aliphatic imine (C=N–C) groups is 1. The minimum atomic E-state index is -1.12. The van der Waals surface area contributed by atoms with E-state index in [2.05, 4.69) is 15.6 Å². The molecule has 0 saturated carbocycles. The van der Waals surface area contributed by atoms with Crippen molar-refractivity contribution in [1.82, 2.24) is 10.6 Å². The van der Waals surface area contributed by atoms with Crippen LogP contribution in [0.15, 0.2) is 59.6 Å². The van der Waals surface area contributed by atoms with E-state index < -0.39 is 24.5 Å². The number of nitrogens with one attached hydrogen (secondary N) is 2. The SMILES string of the molecule is O=C(NC(CO)C(=O)NC1=NCCS1)c1cccc(C(=O)c2ccccc2)c1. The van der Waals surface area contributed by atoms with Gasteiger partial charge in [0.15, 0.2) is 11.0 Å². The number of aliphatic hydroxyl groups is 1. The molecule has 2 amide bonds. The van der Waals surface area contributed by atoms with E-state index in [0.717, 1.165) is 5.75 Å². The molecule has 8 heteroatoms. The molecule has 1 unspecified atom stereocenters. The molecule has 2 aromatic carbocycles. The van der Waals surface area contributed by atoms with Crippen LogP contribution < -0.4 is 10.6 Å². The molecule has 0 aromatic heterocycles. The fraction of sp³-hybridized carbons (Fsp3) is 0.200. The van der Waals surface area contributed by atoms with Gasteiger partial charge in [0, 0.05) is 22.4 Å². The number of carbonyl (C=O) groups is 3. The fourth-order valence-electron chi connectivity index (χ4n) is 2.60. The normalized spacial score (nSPS) is 14.1. The lowest BCUT2D eigenvalue weighted by atomic mass is 10.0. The van der Waals surface area contributed by atoms with Crippen LogP contribution in [0.5, 0.6) is 0 Å². The minimum Gasteiger partial charge on any atom is -0.394 e. The molecule has 0 aliphatic carbocycles. The van der Waals surface area contributed by atoms with Crippen molar-refractivity contribution >= 4 is 34.5 Å².